The molecule has 43 heavy (non-hydrogen) atoms. The van der Waals surface area contributed by atoms with Gasteiger partial charge in [-0.05, 0) is 31.2 Å². The smallest absolute Gasteiger partial charge is 0.326 e. The summed E-state index contributed by atoms with van der Waals surface area (Å²) in [4.78, 5) is 52.8. The number of carbonyl (C=O) groups is 3. The number of likely N-dealkylation sites (tertiary alicyclic amines) is 1. The number of nitrogens with one attached hydrogen (secondary N) is 2. The van der Waals surface area contributed by atoms with E-state index in [2.05, 4.69) is 25.6 Å². The summed E-state index contributed by atoms with van der Waals surface area (Å²) in [6.07, 6.45) is 4.26. The van der Waals surface area contributed by atoms with Gasteiger partial charge in [-0.15, -0.1) is 0 Å². The molecule has 0 spiro atoms. The second kappa shape index (κ2) is 11.5. The largest absolute Gasteiger partial charge is 0.480 e. The average Bonchev–Trinajstić information content (AvgIpc) is 3.82. The van der Waals surface area contributed by atoms with Crippen molar-refractivity contribution >= 4 is 34.9 Å². The van der Waals surface area contributed by atoms with Crippen LogP contribution in [0.15, 0.2) is 43.0 Å². The number of aliphatic carboxylic acids is 1. The number of ether oxygens (including phenoxy) is 3. The molecule has 6 unspecified atom stereocenters. The average molecular weight is 592 g/mol. The third kappa shape index (κ3) is 5.30. The van der Waals surface area contributed by atoms with Crippen LogP contribution >= 0.6 is 0 Å². The number of aromatic nitrogens is 4. The number of nitrogens with zero attached hydrogens (tertiary/aromatic N) is 5. The third-order valence-corrected chi connectivity index (χ3v) is 8.67. The van der Waals surface area contributed by atoms with Crippen LogP contribution < -0.4 is 10.6 Å². The first-order chi connectivity index (χ1) is 21.0. The Labute approximate surface area is 246 Å². The minimum Gasteiger partial charge on any atom is -0.480 e. The van der Waals surface area contributed by atoms with Gasteiger partial charge in [-0.25, -0.2) is 24.5 Å². The highest BCUT2D eigenvalue weighted by atomic mass is 16.8. The lowest BCUT2D eigenvalue weighted by Gasteiger charge is -2.27. The fraction of sp³-hybridized carbons (Fsp3) is 0.517. The minimum absolute atomic E-state index is 0.132. The molecule has 226 valence electrons. The molecule has 1 aromatic carbocycles. The number of carboxylic acid groups (broad SMARTS) is 1. The van der Waals surface area contributed by atoms with Crippen LogP contribution in [0.1, 0.15) is 50.3 Å². The summed E-state index contributed by atoms with van der Waals surface area (Å²) >= 11 is 0. The number of rotatable bonds is 7. The number of hydrogen-bond acceptors (Lipinski definition) is 9. The number of carboxylic acids is 1. The van der Waals surface area contributed by atoms with Crippen LogP contribution in [0.4, 0.5) is 10.6 Å². The van der Waals surface area contributed by atoms with Crippen molar-refractivity contribution in [2.45, 2.75) is 87.9 Å². The van der Waals surface area contributed by atoms with Crippen LogP contribution in [0.3, 0.4) is 0 Å². The molecule has 0 radical (unpaired) electrons. The highest BCUT2D eigenvalue weighted by molar-refractivity contribution is 5.96. The first kappa shape index (κ1) is 27.7. The van der Waals surface area contributed by atoms with Gasteiger partial charge in [-0.2, -0.15) is 0 Å². The Morgan fingerprint density at radius 1 is 0.953 bits per heavy atom. The maximum absolute atomic E-state index is 13.8. The summed E-state index contributed by atoms with van der Waals surface area (Å²) in [7, 11) is 0. The summed E-state index contributed by atoms with van der Waals surface area (Å²) < 4.78 is 20.6. The standard InChI is InChI=1S/C29H33N7O7/c37-26(35-12-6-11-18(35)28(38)39)22-21-23(42-19(41-21)13-16-7-2-1-3-8-16)27(43-22)36-15-32-20-24(30-14-31-25(20)36)34-29(40)33-17-9-4-5-10-17/h1-3,7-8,14-15,17-19,21-23,27H,4-6,9-13H2,(H,38,39)(H2,30,31,33,34,40). The number of benzene rings is 1. The molecule has 4 aliphatic rings. The zero-order chi connectivity index (χ0) is 29.5. The van der Waals surface area contributed by atoms with Gasteiger partial charge in [-0.1, -0.05) is 43.2 Å². The highest BCUT2D eigenvalue weighted by Gasteiger charge is 2.57. The Hall–Kier alpha value is -4.14. The zero-order valence-corrected chi connectivity index (χ0v) is 23.4. The van der Waals surface area contributed by atoms with E-state index in [-0.39, 0.29) is 17.9 Å². The van der Waals surface area contributed by atoms with E-state index in [1.807, 2.05) is 30.3 Å². The Morgan fingerprint density at radius 3 is 2.53 bits per heavy atom. The number of urea groups is 1. The summed E-state index contributed by atoms with van der Waals surface area (Å²) in [6.45, 7) is 0.325. The molecule has 14 nitrogen and oxygen atoms in total. The van der Waals surface area contributed by atoms with E-state index in [1.165, 1.54) is 17.6 Å². The highest BCUT2D eigenvalue weighted by Crippen LogP contribution is 2.42. The quantitative estimate of drug-likeness (QED) is 0.370. The maximum atomic E-state index is 13.8. The predicted octanol–water partition coefficient (Wildman–Crippen LogP) is 2.22. The van der Waals surface area contributed by atoms with E-state index >= 15 is 0 Å². The molecule has 3 amide bonds. The van der Waals surface area contributed by atoms with Crippen LogP contribution in [0.25, 0.3) is 11.2 Å². The van der Waals surface area contributed by atoms with Gasteiger partial charge in [0.2, 0.25) is 0 Å². The van der Waals surface area contributed by atoms with E-state index < -0.39 is 48.7 Å². The number of hydrogen-bond donors (Lipinski definition) is 3. The van der Waals surface area contributed by atoms with Gasteiger partial charge in [0.1, 0.15) is 24.6 Å². The molecule has 3 saturated heterocycles. The second-order valence-electron chi connectivity index (χ2n) is 11.4. The molecule has 5 heterocycles. The van der Waals surface area contributed by atoms with E-state index in [0.717, 1.165) is 31.2 Å². The van der Waals surface area contributed by atoms with Crippen molar-refractivity contribution in [1.29, 1.82) is 0 Å². The number of fused-ring (bicyclic) bond motifs is 2. The van der Waals surface area contributed by atoms with Crippen LogP contribution in [0.5, 0.6) is 0 Å². The van der Waals surface area contributed by atoms with Crippen molar-refractivity contribution in [3.63, 3.8) is 0 Å². The van der Waals surface area contributed by atoms with Crippen LogP contribution in [-0.4, -0.2) is 90.7 Å². The Bertz CT molecular complexity index is 1510. The fourth-order valence-corrected chi connectivity index (χ4v) is 6.62. The van der Waals surface area contributed by atoms with E-state index in [0.29, 0.717) is 37.0 Å². The zero-order valence-electron chi connectivity index (χ0n) is 23.4. The predicted molar refractivity (Wildman–Crippen MR) is 150 cm³/mol. The molecule has 1 aliphatic carbocycles. The lowest BCUT2D eigenvalue weighted by atomic mass is 10.1. The van der Waals surface area contributed by atoms with Crippen molar-refractivity contribution in [1.82, 2.24) is 29.7 Å². The van der Waals surface area contributed by atoms with Gasteiger partial charge >= 0.3 is 12.0 Å². The van der Waals surface area contributed by atoms with Crippen molar-refractivity contribution < 1.29 is 33.7 Å². The van der Waals surface area contributed by atoms with E-state index in [4.69, 9.17) is 14.2 Å². The molecule has 3 N–H and O–H groups in total. The summed E-state index contributed by atoms with van der Waals surface area (Å²) in [6, 6.07) is 8.58. The third-order valence-electron chi connectivity index (χ3n) is 8.67. The van der Waals surface area contributed by atoms with Gasteiger partial charge in [0.05, 0.1) is 6.33 Å². The van der Waals surface area contributed by atoms with Crippen molar-refractivity contribution in [2.75, 3.05) is 11.9 Å². The molecule has 1 saturated carbocycles. The van der Waals surface area contributed by atoms with Gasteiger partial charge in [0.25, 0.3) is 5.91 Å². The van der Waals surface area contributed by atoms with Gasteiger partial charge in [0.15, 0.2) is 35.6 Å². The van der Waals surface area contributed by atoms with Gasteiger partial charge in [0, 0.05) is 19.0 Å². The maximum Gasteiger partial charge on any atom is 0.326 e. The number of carbonyl (C=O) groups excluding carboxylic acids is 2. The topological polar surface area (TPSA) is 170 Å². The fourth-order valence-electron chi connectivity index (χ4n) is 6.62. The van der Waals surface area contributed by atoms with Crippen LogP contribution in [0, 0.1) is 0 Å². The molecule has 6 atom stereocenters. The SMILES string of the molecule is O=C(Nc1ncnc2c1ncn2C1OC(C(=O)N2CCCC2C(=O)O)C2OC(Cc3ccccc3)OC21)NC1CCCC1. The Morgan fingerprint density at radius 2 is 1.74 bits per heavy atom. The molecule has 0 bridgehead atoms. The van der Waals surface area contributed by atoms with Crippen LogP contribution in [0.2, 0.25) is 0 Å². The van der Waals surface area contributed by atoms with Crippen molar-refractivity contribution in [2.24, 2.45) is 0 Å². The first-order valence-corrected chi connectivity index (χ1v) is 14.7. The number of imidazole rings is 1. The lowest BCUT2D eigenvalue weighted by molar-refractivity contribution is -0.170. The summed E-state index contributed by atoms with van der Waals surface area (Å²) in [5, 5.41) is 15.5. The normalized spacial score (nSPS) is 28.8. The van der Waals surface area contributed by atoms with E-state index in [9.17, 15) is 19.5 Å². The van der Waals surface area contributed by atoms with Crippen molar-refractivity contribution in [3.8, 4) is 0 Å². The monoisotopic (exact) mass is 591 g/mol. The first-order valence-electron chi connectivity index (χ1n) is 14.7. The van der Waals surface area contributed by atoms with Crippen LogP contribution in [-0.2, 0) is 30.2 Å². The lowest BCUT2D eigenvalue weighted by Crippen LogP contribution is -2.49. The molecule has 3 aliphatic heterocycles. The second-order valence-corrected chi connectivity index (χ2v) is 11.4. The Balaban J connectivity index is 1.16. The van der Waals surface area contributed by atoms with E-state index in [1.54, 1.807) is 4.57 Å². The molecule has 7 rings (SSSR count). The molecule has 4 fully saturated rings. The van der Waals surface area contributed by atoms with Gasteiger partial charge in [-0.3, -0.25) is 14.7 Å². The number of anilines is 1. The minimum atomic E-state index is -1.09. The van der Waals surface area contributed by atoms with Crippen molar-refractivity contribution in [3.05, 3.63) is 48.5 Å². The number of amides is 3. The molecule has 14 heteroatoms. The Kier molecular flexibility index (Phi) is 7.41. The molecular weight excluding hydrogens is 558 g/mol. The summed E-state index contributed by atoms with van der Waals surface area (Å²) in [5.74, 6) is -1.25. The molecular formula is C29H33N7O7. The molecule has 3 aromatic rings. The summed E-state index contributed by atoms with van der Waals surface area (Å²) in [5.41, 5.74) is 1.73. The van der Waals surface area contributed by atoms with Gasteiger partial charge < -0.3 is 29.5 Å². The molecule has 2 aromatic heterocycles.